The zero-order valence-electron chi connectivity index (χ0n) is 9.47. The van der Waals surface area contributed by atoms with E-state index in [1.54, 1.807) is 4.68 Å². The third kappa shape index (κ3) is 2.75. The molecule has 5 nitrogen and oxygen atoms in total. The highest BCUT2D eigenvalue weighted by Crippen LogP contribution is 2.23. The lowest BCUT2D eigenvalue weighted by Crippen LogP contribution is -2.11. The summed E-state index contributed by atoms with van der Waals surface area (Å²) in [4.78, 5) is 0.0244. The lowest BCUT2D eigenvalue weighted by atomic mass is 10.2. The summed E-state index contributed by atoms with van der Waals surface area (Å²) in [5.41, 5.74) is 0.492. The Labute approximate surface area is 99.8 Å². The molecule has 1 aromatic rings. The SMILES string of the molecule is CC[C@H](C)n1ncc(S(=O)(=O)Cl)c1COC. The van der Waals surface area contributed by atoms with Gasteiger partial charge in [-0.15, -0.1) is 0 Å². The predicted octanol–water partition coefficient (Wildman–Crippen LogP) is 1.93. The van der Waals surface area contributed by atoms with E-state index < -0.39 is 9.05 Å². The second kappa shape index (κ2) is 5.16. The van der Waals surface area contributed by atoms with Gasteiger partial charge in [-0.2, -0.15) is 5.10 Å². The van der Waals surface area contributed by atoms with Gasteiger partial charge in [-0.1, -0.05) is 6.92 Å². The van der Waals surface area contributed by atoms with Crippen molar-refractivity contribution in [2.75, 3.05) is 7.11 Å². The van der Waals surface area contributed by atoms with Gasteiger partial charge in [-0.05, 0) is 13.3 Å². The van der Waals surface area contributed by atoms with Crippen LogP contribution in [0, 0.1) is 0 Å². The van der Waals surface area contributed by atoms with Crippen LogP contribution in [-0.4, -0.2) is 25.3 Å². The second-order valence-electron chi connectivity index (χ2n) is 3.53. The molecule has 1 heterocycles. The Hall–Kier alpha value is -0.590. The molecule has 0 aliphatic carbocycles. The van der Waals surface area contributed by atoms with Crippen molar-refractivity contribution in [2.45, 2.75) is 37.8 Å². The Morgan fingerprint density at radius 2 is 2.25 bits per heavy atom. The highest BCUT2D eigenvalue weighted by atomic mass is 35.7. The molecule has 0 saturated heterocycles. The highest BCUT2D eigenvalue weighted by molar-refractivity contribution is 8.13. The molecule has 1 atom stereocenters. The van der Waals surface area contributed by atoms with Crippen molar-refractivity contribution >= 4 is 19.7 Å². The van der Waals surface area contributed by atoms with E-state index in [0.29, 0.717) is 5.69 Å². The fraction of sp³-hybridized carbons (Fsp3) is 0.667. The molecule has 0 radical (unpaired) electrons. The number of nitrogens with zero attached hydrogens (tertiary/aromatic N) is 2. The first-order chi connectivity index (χ1) is 7.41. The van der Waals surface area contributed by atoms with E-state index in [1.165, 1.54) is 13.3 Å². The van der Waals surface area contributed by atoms with E-state index in [9.17, 15) is 8.42 Å². The summed E-state index contributed by atoms with van der Waals surface area (Å²) < 4.78 is 29.2. The minimum absolute atomic E-state index is 0.0244. The quantitative estimate of drug-likeness (QED) is 0.764. The van der Waals surface area contributed by atoms with Crippen molar-refractivity contribution in [2.24, 2.45) is 0 Å². The topological polar surface area (TPSA) is 61.2 Å². The van der Waals surface area contributed by atoms with Crippen LogP contribution in [0.25, 0.3) is 0 Å². The summed E-state index contributed by atoms with van der Waals surface area (Å²) in [5.74, 6) is 0. The minimum Gasteiger partial charge on any atom is -0.378 e. The number of halogens is 1. The molecule has 0 bridgehead atoms. The van der Waals surface area contributed by atoms with Crippen LogP contribution < -0.4 is 0 Å². The molecule has 0 amide bonds. The van der Waals surface area contributed by atoms with Crippen molar-refractivity contribution in [3.63, 3.8) is 0 Å². The van der Waals surface area contributed by atoms with Gasteiger partial charge in [0.15, 0.2) is 0 Å². The average molecular weight is 267 g/mol. The van der Waals surface area contributed by atoms with Crippen LogP contribution in [0.1, 0.15) is 32.0 Å². The molecule has 1 aromatic heterocycles. The van der Waals surface area contributed by atoms with Crippen molar-refractivity contribution in [3.05, 3.63) is 11.9 Å². The largest absolute Gasteiger partial charge is 0.378 e. The molecule has 1 rings (SSSR count). The van der Waals surface area contributed by atoms with Crippen LogP contribution in [-0.2, 0) is 20.4 Å². The van der Waals surface area contributed by atoms with Crippen molar-refractivity contribution < 1.29 is 13.2 Å². The van der Waals surface area contributed by atoms with E-state index in [4.69, 9.17) is 15.4 Å². The molecule has 0 aromatic carbocycles. The van der Waals surface area contributed by atoms with Gasteiger partial charge in [0.2, 0.25) is 0 Å². The summed E-state index contributed by atoms with van der Waals surface area (Å²) in [6, 6.07) is 0.109. The molecule has 0 spiro atoms. The average Bonchev–Trinajstić information content (AvgIpc) is 2.60. The van der Waals surface area contributed by atoms with Crippen LogP contribution >= 0.6 is 10.7 Å². The van der Waals surface area contributed by atoms with Gasteiger partial charge in [-0.25, -0.2) is 8.42 Å². The Kier molecular flexibility index (Phi) is 4.35. The summed E-state index contributed by atoms with van der Waals surface area (Å²) in [5, 5.41) is 4.05. The number of hydrogen-bond donors (Lipinski definition) is 0. The maximum absolute atomic E-state index is 11.3. The number of hydrogen-bond acceptors (Lipinski definition) is 4. The zero-order valence-corrected chi connectivity index (χ0v) is 11.0. The van der Waals surface area contributed by atoms with Gasteiger partial charge in [0, 0.05) is 23.8 Å². The standard InChI is InChI=1S/C9H15ClN2O3S/c1-4-7(2)12-8(6-15-3)9(5-11-12)16(10,13)14/h5,7H,4,6H2,1-3H3/t7-/m0/s1. The first-order valence-corrected chi connectivity index (χ1v) is 7.22. The summed E-state index contributed by atoms with van der Waals surface area (Å²) in [6.45, 7) is 4.13. The first kappa shape index (κ1) is 13.5. The van der Waals surface area contributed by atoms with Gasteiger partial charge in [0.25, 0.3) is 9.05 Å². The van der Waals surface area contributed by atoms with Crippen molar-refractivity contribution in [1.29, 1.82) is 0 Å². The van der Waals surface area contributed by atoms with Gasteiger partial charge < -0.3 is 4.74 Å². The highest BCUT2D eigenvalue weighted by Gasteiger charge is 2.22. The maximum Gasteiger partial charge on any atom is 0.264 e. The Morgan fingerprint density at radius 3 is 2.69 bits per heavy atom. The fourth-order valence-electron chi connectivity index (χ4n) is 1.40. The second-order valence-corrected chi connectivity index (χ2v) is 6.06. The van der Waals surface area contributed by atoms with Crippen LogP contribution in [0.2, 0.25) is 0 Å². The summed E-state index contributed by atoms with van der Waals surface area (Å²) in [7, 11) is 3.05. The van der Waals surface area contributed by atoms with Gasteiger partial charge >= 0.3 is 0 Å². The van der Waals surface area contributed by atoms with E-state index in [1.807, 2.05) is 13.8 Å². The molecule has 0 unspecified atom stereocenters. The summed E-state index contributed by atoms with van der Waals surface area (Å²) in [6.07, 6.45) is 2.11. The molecule has 0 aliphatic heterocycles. The smallest absolute Gasteiger partial charge is 0.264 e. The normalized spacial score (nSPS) is 14.0. The van der Waals surface area contributed by atoms with Crippen LogP contribution in [0.4, 0.5) is 0 Å². The number of methoxy groups -OCH3 is 1. The molecule has 7 heteroatoms. The lowest BCUT2D eigenvalue weighted by Gasteiger charge is -2.13. The number of rotatable bonds is 5. The van der Waals surface area contributed by atoms with Gasteiger partial charge in [0.05, 0.1) is 18.5 Å². The summed E-state index contributed by atoms with van der Waals surface area (Å²) >= 11 is 0. The van der Waals surface area contributed by atoms with Gasteiger partial charge in [-0.3, -0.25) is 4.68 Å². The molecule has 0 saturated carbocycles. The fourth-order valence-corrected chi connectivity index (χ4v) is 2.40. The Bertz CT molecular complexity index is 455. The Morgan fingerprint density at radius 1 is 1.62 bits per heavy atom. The van der Waals surface area contributed by atoms with Crippen molar-refractivity contribution in [3.8, 4) is 0 Å². The molecular weight excluding hydrogens is 252 g/mol. The van der Waals surface area contributed by atoms with Crippen LogP contribution in [0.15, 0.2) is 11.1 Å². The third-order valence-corrected chi connectivity index (χ3v) is 3.78. The molecule has 92 valence electrons. The molecular formula is C9H15ClN2O3S. The van der Waals surface area contributed by atoms with Crippen LogP contribution in [0.5, 0.6) is 0 Å². The van der Waals surface area contributed by atoms with E-state index in [0.717, 1.165) is 6.42 Å². The molecule has 0 N–H and O–H groups in total. The molecule has 0 fully saturated rings. The first-order valence-electron chi connectivity index (χ1n) is 4.91. The number of ether oxygens (including phenoxy) is 1. The molecule has 0 aliphatic rings. The predicted molar refractivity (Wildman–Crippen MR) is 61.0 cm³/mol. The van der Waals surface area contributed by atoms with E-state index >= 15 is 0 Å². The van der Waals surface area contributed by atoms with E-state index in [2.05, 4.69) is 5.10 Å². The third-order valence-electron chi connectivity index (χ3n) is 2.41. The Balaban J connectivity index is 3.27. The lowest BCUT2D eigenvalue weighted by molar-refractivity contribution is 0.172. The van der Waals surface area contributed by atoms with E-state index in [-0.39, 0.29) is 17.5 Å². The zero-order chi connectivity index (χ0) is 12.3. The van der Waals surface area contributed by atoms with Crippen molar-refractivity contribution in [1.82, 2.24) is 9.78 Å². The van der Waals surface area contributed by atoms with Gasteiger partial charge in [0.1, 0.15) is 4.90 Å². The maximum atomic E-state index is 11.3. The minimum atomic E-state index is -3.77. The van der Waals surface area contributed by atoms with Crippen LogP contribution in [0.3, 0.4) is 0 Å². The number of aromatic nitrogens is 2. The molecule has 16 heavy (non-hydrogen) atoms. The monoisotopic (exact) mass is 266 g/mol.